The zero-order valence-corrected chi connectivity index (χ0v) is 40.2. The van der Waals surface area contributed by atoms with Gasteiger partial charge in [-0.25, -0.2) is 15.0 Å². The van der Waals surface area contributed by atoms with E-state index in [1.54, 1.807) is 49.7 Å². The van der Waals surface area contributed by atoms with Gasteiger partial charge in [-0.1, -0.05) is 72.7 Å². The molecule has 0 saturated heterocycles. The van der Waals surface area contributed by atoms with Crippen molar-refractivity contribution in [1.29, 1.82) is 0 Å². The van der Waals surface area contributed by atoms with E-state index in [1.807, 2.05) is 74.4 Å². The molecular weight excluding hydrogens is 997 g/mol. The Morgan fingerprint density at radius 2 is 1.08 bits per heavy atom. The second-order valence-electron chi connectivity index (χ2n) is 16.0. The van der Waals surface area contributed by atoms with Gasteiger partial charge in [-0.2, -0.15) is 29.9 Å². The van der Waals surface area contributed by atoms with Crippen molar-refractivity contribution in [3.63, 3.8) is 0 Å². The molecule has 0 fully saturated rings. The van der Waals surface area contributed by atoms with Gasteiger partial charge < -0.3 is 59.3 Å². The SMILES string of the molecule is C.C.C.C.C=CCCOc1nc(N)c2ncn(Cc3ncccc3OCC=C)c2n1.Nc1nc2nc3c1ncn3Cc1ncccc1OC/C=C/CCO2.Nc1nc2nc3c1ncn3Cc1ncccc1OC/C=C\CCO2. The monoisotopic (exact) mass is 1060 g/mol. The molecule has 0 radical (unpaired) electrons. The average Bonchev–Trinajstić information content (AvgIpc) is 4.23. The summed E-state index contributed by atoms with van der Waals surface area (Å²) in [6.07, 6.45) is 23.7. The van der Waals surface area contributed by atoms with Crippen LogP contribution in [0.5, 0.6) is 35.3 Å². The molecule has 9 aromatic rings. The van der Waals surface area contributed by atoms with Crippen molar-refractivity contribution >= 4 is 50.9 Å². The molecule has 24 nitrogen and oxygen atoms in total. The fourth-order valence-corrected chi connectivity index (χ4v) is 7.35. The molecule has 0 saturated carbocycles. The zero-order valence-electron chi connectivity index (χ0n) is 40.2. The largest absolute Gasteiger partial charge is 0.488 e. The van der Waals surface area contributed by atoms with Gasteiger partial charge in [0.15, 0.2) is 50.9 Å². The highest BCUT2D eigenvalue weighted by Crippen LogP contribution is 2.26. The van der Waals surface area contributed by atoms with Gasteiger partial charge in [-0.3, -0.25) is 15.0 Å². The van der Waals surface area contributed by atoms with Crippen molar-refractivity contribution < 1.29 is 28.4 Å². The van der Waals surface area contributed by atoms with Crippen molar-refractivity contribution in [2.45, 2.75) is 68.6 Å². The van der Waals surface area contributed by atoms with Gasteiger partial charge in [0.05, 0.1) is 58.4 Å². The van der Waals surface area contributed by atoms with E-state index in [-0.39, 0.29) is 53.6 Å². The van der Waals surface area contributed by atoms with E-state index in [1.165, 1.54) is 0 Å². The third kappa shape index (κ3) is 14.6. The number of aromatic nitrogens is 15. The minimum Gasteiger partial charge on any atom is -0.488 e. The zero-order chi connectivity index (χ0) is 51.1. The number of rotatable bonds is 9. The maximum atomic E-state index is 5.99. The summed E-state index contributed by atoms with van der Waals surface area (Å²) in [7, 11) is 0. The summed E-state index contributed by atoms with van der Waals surface area (Å²) in [6, 6.07) is 11.9. The highest BCUT2D eigenvalue weighted by molar-refractivity contribution is 5.83. The van der Waals surface area contributed by atoms with Crippen molar-refractivity contribution in [1.82, 2.24) is 73.5 Å². The molecule has 0 unspecified atom stereocenters. The number of nitrogens with two attached hydrogens (primary N) is 3. The topological polar surface area (TPSA) is 303 Å². The summed E-state index contributed by atoms with van der Waals surface area (Å²) in [5.41, 5.74) is 23.7. The Hall–Kier alpha value is -9.74. The molecule has 24 heteroatoms. The highest BCUT2D eigenvalue weighted by Gasteiger charge is 2.18. The molecule has 11 heterocycles. The molecule has 0 aromatic carbocycles. The van der Waals surface area contributed by atoms with Gasteiger partial charge in [-0.15, -0.1) is 6.58 Å². The first kappa shape index (κ1) is 59.1. The number of pyridine rings is 3. The molecule has 2 aliphatic heterocycles. The summed E-state index contributed by atoms with van der Waals surface area (Å²) >= 11 is 0. The normalized spacial score (nSPS) is 13.4. The third-order valence-corrected chi connectivity index (χ3v) is 10.9. The van der Waals surface area contributed by atoms with Crippen molar-refractivity contribution in [3.05, 3.63) is 141 Å². The van der Waals surface area contributed by atoms with E-state index >= 15 is 0 Å². The number of fused-ring (bicyclic) bond motifs is 5. The van der Waals surface area contributed by atoms with Crippen LogP contribution in [0.4, 0.5) is 17.5 Å². The van der Waals surface area contributed by atoms with Crippen LogP contribution in [0.15, 0.2) is 124 Å². The molecule has 0 aliphatic carbocycles. The van der Waals surface area contributed by atoms with E-state index in [0.717, 1.165) is 41.4 Å². The number of imidazole rings is 3. The summed E-state index contributed by atoms with van der Waals surface area (Å²) in [5, 5.41) is 0. The molecule has 2 aliphatic rings. The van der Waals surface area contributed by atoms with Crippen LogP contribution in [-0.4, -0.2) is 113 Å². The molecule has 0 spiro atoms. The molecule has 9 aromatic heterocycles. The number of hydrogen-bond donors (Lipinski definition) is 3. The van der Waals surface area contributed by atoms with Crippen LogP contribution >= 0.6 is 0 Å². The van der Waals surface area contributed by atoms with Crippen molar-refractivity contribution in [2.75, 3.05) is 56.8 Å². The van der Waals surface area contributed by atoms with Gasteiger partial charge >= 0.3 is 18.0 Å². The lowest BCUT2D eigenvalue weighted by Crippen LogP contribution is -2.08. The summed E-state index contributed by atoms with van der Waals surface area (Å²) < 4.78 is 39.5. The second-order valence-corrected chi connectivity index (χ2v) is 16.0. The lowest BCUT2D eigenvalue weighted by atomic mass is 10.3. The Labute approximate surface area is 452 Å². The standard InChI is InChI=1S/C18H20N6O2.2C16H16N6O2.4CH4/c1-3-5-10-26-18-22-16(19)15-17(23-18)24(12-21-15)11-13-14(25-9-4-2)7-6-8-20-13;2*17-14-13-15-21-16(20-14)24-8-3-1-2-7-23-12-5-4-6-18-11(12)9-22(15)10-19-13;;;;/h3-4,6-8,12H,1-2,5,9-11H2,(H2,19,22,23);2*1-2,4-6,10H,3,7-9H2,(H2,17,20,21);4*1H4/b;2-1+;2-1-;;;;. The third-order valence-electron chi connectivity index (χ3n) is 10.9. The lowest BCUT2D eigenvalue weighted by molar-refractivity contribution is 0.299. The quantitative estimate of drug-likeness (QED) is 0.0909. The predicted octanol–water partition coefficient (Wildman–Crippen LogP) is 8.05. The number of nitrogen functional groups attached to an aromatic ring is 3. The van der Waals surface area contributed by atoms with E-state index in [2.05, 4.69) is 73.0 Å². The summed E-state index contributed by atoms with van der Waals surface area (Å²) in [4.78, 5) is 51.9. The first-order chi connectivity index (χ1) is 36.3. The molecular formula is C54H68N18O6. The highest BCUT2D eigenvalue weighted by atomic mass is 16.5. The first-order valence-corrected chi connectivity index (χ1v) is 23.4. The second kappa shape index (κ2) is 28.8. The number of nitrogens with zero attached hydrogens (tertiary/aromatic N) is 15. The van der Waals surface area contributed by atoms with Gasteiger partial charge in [0.25, 0.3) is 0 Å². The summed E-state index contributed by atoms with van der Waals surface area (Å²) in [5.74, 6) is 3.02. The average molecular weight is 1070 g/mol. The first-order valence-electron chi connectivity index (χ1n) is 23.4. The Kier molecular flexibility index (Phi) is 21.8. The summed E-state index contributed by atoms with van der Waals surface area (Å²) in [6.45, 7) is 11.4. The molecule has 6 N–H and O–H groups in total. The van der Waals surface area contributed by atoms with E-state index in [0.29, 0.717) is 117 Å². The number of anilines is 3. The van der Waals surface area contributed by atoms with Crippen molar-refractivity contribution in [2.24, 2.45) is 0 Å². The number of hydrogen-bond acceptors (Lipinski definition) is 21. The van der Waals surface area contributed by atoms with Crippen LogP contribution < -0.4 is 45.6 Å². The minimum absolute atomic E-state index is 0. The van der Waals surface area contributed by atoms with Gasteiger partial charge in [-0.05, 0) is 55.7 Å². The van der Waals surface area contributed by atoms with Gasteiger partial charge in [0, 0.05) is 18.6 Å². The number of ether oxygens (including phenoxy) is 6. The van der Waals surface area contributed by atoms with E-state index < -0.39 is 0 Å². The molecule has 0 amide bonds. The van der Waals surface area contributed by atoms with E-state index in [4.69, 9.17) is 45.6 Å². The molecule has 410 valence electrons. The van der Waals surface area contributed by atoms with Crippen LogP contribution in [0.2, 0.25) is 0 Å². The van der Waals surface area contributed by atoms with Crippen molar-refractivity contribution in [3.8, 4) is 35.3 Å². The van der Waals surface area contributed by atoms with Crippen LogP contribution in [-0.2, 0) is 19.6 Å². The Morgan fingerprint density at radius 1 is 0.551 bits per heavy atom. The Bertz CT molecular complexity index is 3300. The Balaban J connectivity index is 0.000000210. The maximum absolute atomic E-state index is 5.99. The molecule has 11 rings (SSSR count). The molecule has 4 bridgehead atoms. The van der Waals surface area contributed by atoms with Crippen LogP contribution in [0.25, 0.3) is 33.5 Å². The van der Waals surface area contributed by atoms with Crippen LogP contribution in [0.1, 0.15) is 66.1 Å². The Morgan fingerprint density at radius 3 is 1.64 bits per heavy atom. The lowest BCUT2D eigenvalue weighted by Gasteiger charge is -2.11. The molecule has 0 atom stereocenters. The van der Waals surface area contributed by atoms with Crippen LogP contribution in [0, 0.1) is 0 Å². The van der Waals surface area contributed by atoms with E-state index in [9.17, 15) is 0 Å². The van der Waals surface area contributed by atoms with Gasteiger partial charge in [0.2, 0.25) is 0 Å². The van der Waals surface area contributed by atoms with Crippen LogP contribution in [0.3, 0.4) is 0 Å². The fraction of sp³-hybridized carbons (Fsp3) is 0.296. The maximum Gasteiger partial charge on any atom is 0.320 e. The minimum atomic E-state index is 0. The molecule has 78 heavy (non-hydrogen) atoms. The van der Waals surface area contributed by atoms with Gasteiger partial charge in [0.1, 0.15) is 54.2 Å². The predicted molar refractivity (Wildman–Crippen MR) is 302 cm³/mol. The smallest absolute Gasteiger partial charge is 0.320 e. The fourth-order valence-electron chi connectivity index (χ4n) is 7.35.